The van der Waals surface area contributed by atoms with E-state index in [-0.39, 0.29) is 18.4 Å². The molecule has 0 spiro atoms. The maximum absolute atomic E-state index is 11.2. The summed E-state index contributed by atoms with van der Waals surface area (Å²) in [6.45, 7) is 0. The third kappa shape index (κ3) is 3.51. The molecule has 2 saturated carbocycles. The van der Waals surface area contributed by atoms with Crippen molar-refractivity contribution >= 4 is 21.9 Å². The molecule has 21 heavy (non-hydrogen) atoms. The van der Waals surface area contributed by atoms with Gasteiger partial charge in [-0.25, -0.2) is 0 Å². The Morgan fingerprint density at radius 3 is 2.62 bits per heavy atom. The van der Waals surface area contributed by atoms with Gasteiger partial charge in [0.1, 0.15) is 0 Å². The Morgan fingerprint density at radius 1 is 1.38 bits per heavy atom. The lowest BCUT2D eigenvalue weighted by atomic mass is 9.90. The molecule has 1 aromatic rings. The molecule has 0 aliphatic heterocycles. The summed E-state index contributed by atoms with van der Waals surface area (Å²) in [6, 6.07) is 3.87. The fourth-order valence-electron chi connectivity index (χ4n) is 2.71. The van der Waals surface area contributed by atoms with Gasteiger partial charge in [0.25, 0.3) is 0 Å². The number of hydrogen-bond acceptors (Lipinski definition) is 3. The number of hydrogen-bond donors (Lipinski definition) is 1. The van der Waals surface area contributed by atoms with Crippen molar-refractivity contribution in [3.8, 4) is 11.5 Å². The number of carboxylic acids is 1. The van der Waals surface area contributed by atoms with Crippen molar-refractivity contribution in [1.29, 1.82) is 0 Å². The first-order chi connectivity index (χ1) is 10.1. The molecular formula is C16H19BrO4. The average molecular weight is 355 g/mol. The summed E-state index contributed by atoms with van der Waals surface area (Å²) in [5.74, 6) is 1.11. The highest BCUT2D eigenvalue weighted by Gasteiger charge is 2.37. The lowest BCUT2D eigenvalue weighted by Crippen LogP contribution is -2.12. The van der Waals surface area contributed by atoms with E-state index in [0.29, 0.717) is 11.7 Å². The fraction of sp³-hybridized carbons (Fsp3) is 0.562. The van der Waals surface area contributed by atoms with Crippen LogP contribution in [0, 0.1) is 5.92 Å². The van der Waals surface area contributed by atoms with Crippen molar-refractivity contribution in [2.75, 3.05) is 7.11 Å². The summed E-state index contributed by atoms with van der Waals surface area (Å²) in [7, 11) is 1.62. The number of aliphatic carboxylic acids is 1. The largest absolute Gasteiger partial charge is 0.493 e. The van der Waals surface area contributed by atoms with Gasteiger partial charge in [0, 0.05) is 16.0 Å². The van der Waals surface area contributed by atoms with Crippen LogP contribution in [0.2, 0.25) is 0 Å². The van der Waals surface area contributed by atoms with E-state index >= 15 is 0 Å². The van der Waals surface area contributed by atoms with Gasteiger partial charge in [0.05, 0.1) is 19.6 Å². The van der Waals surface area contributed by atoms with Crippen molar-refractivity contribution in [2.24, 2.45) is 5.92 Å². The molecule has 1 atom stereocenters. The van der Waals surface area contributed by atoms with E-state index < -0.39 is 5.97 Å². The van der Waals surface area contributed by atoms with Crippen LogP contribution in [0.15, 0.2) is 16.6 Å². The van der Waals surface area contributed by atoms with Gasteiger partial charge >= 0.3 is 5.97 Å². The summed E-state index contributed by atoms with van der Waals surface area (Å²) in [6.07, 6.45) is 4.71. The minimum atomic E-state index is -0.761. The van der Waals surface area contributed by atoms with Gasteiger partial charge in [-0.15, -0.1) is 0 Å². The second-order valence-electron chi connectivity index (χ2n) is 5.89. The van der Waals surface area contributed by atoms with Crippen LogP contribution in [-0.2, 0) is 4.79 Å². The average Bonchev–Trinajstić information content (AvgIpc) is 3.30. The van der Waals surface area contributed by atoms with E-state index in [0.717, 1.165) is 41.5 Å². The van der Waals surface area contributed by atoms with Crippen molar-refractivity contribution in [3.05, 3.63) is 22.2 Å². The number of methoxy groups -OCH3 is 1. The van der Waals surface area contributed by atoms with E-state index in [1.807, 2.05) is 12.1 Å². The number of carboxylic acid groups (broad SMARTS) is 1. The Bertz CT molecular complexity index is 549. The van der Waals surface area contributed by atoms with Gasteiger partial charge in [-0.3, -0.25) is 4.79 Å². The van der Waals surface area contributed by atoms with Crippen LogP contribution >= 0.6 is 15.9 Å². The number of rotatable bonds is 7. The topological polar surface area (TPSA) is 55.8 Å². The van der Waals surface area contributed by atoms with Crippen molar-refractivity contribution in [3.63, 3.8) is 0 Å². The fourth-order valence-corrected chi connectivity index (χ4v) is 3.17. The van der Waals surface area contributed by atoms with Crippen LogP contribution < -0.4 is 9.47 Å². The number of halogens is 1. The summed E-state index contributed by atoms with van der Waals surface area (Å²) in [5.41, 5.74) is 0.970. The van der Waals surface area contributed by atoms with E-state index in [9.17, 15) is 9.90 Å². The Hall–Kier alpha value is -1.23. The SMILES string of the molecule is COc1cc(Br)cc(C(CC(=O)O)C2CC2)c1OC1CC1. The molecule has 0 radical (unpaired) electrons. The molecule has 2 aliphatic rings. The molecule has 2 fully saturated rings. The minimum absolute atomic E-state index is 0.00245. The zero-order valence-electron chi connectivity index (χ0n) is 12.0. The van der Waals surface area contributed by atoms with Crippen molar-refractivity contribution < 1.29 is 19.4 Å². The molecule has 1 aromatic carbocycles. The molecule has 1 unspecified atom stereocenters. The molecule has 5 heteroatoms. The normalized spacial score (nSPS) is 19.1. The second kappa shape index (κ2) is 5.87. The van der Waals surface area contributed by atoms with Crippen LogP contribution in [0.5, 0.6) is 11.5 Å². The van der Waals surface area contributed by atoms with Gasteiger partial charge < -0.3 is 14.6 Å². The molecule has 114 valence electrons. The number of ether oxygens (including phenoxy) is 2. The molecule has 2 aliphatic carbocycles. The molecule has 0 amide bonds. The predicted octanol–water partition coefficient (Wildman–Crippen LogP) is 3.97. The van der Waals surface area contributed by atoms with Gasteiger partial charge in [-0.05, 0) is 43.7 Å². The van der Waals surface area contributed by atoms with Crippen molar-refractivity contribution in [2.45, 2.75) is 44.1 Å². The molecule has 4 nitrogen and oxygen atoms in total. The molecule has 0 aromatic heterocycles. The Morgan fingerprint density at radius 2 is 2.10 bits per heavy atom. The minimum Gasteiger partial charge on any atom is -0.493 e. The van der Waals surface area contributed by atoms with Gasteiger partial charge in [0.2, 0.25) is 0 Å². The molecule has 3 rings (SSSR count). The summed E-state index contributed by atoms with van der Waals surface area (Å²) >= 11 is 3.49. The molecule has 0 heterocycles. The van der Waals surface area contributed by atoms with Gasteiger partial charge in [-0.2, -0.15) is 0 Å². The number of benzene rings is 1. The summed E-state index contributed by atoms with van der Waals surface area (Å²) in [4.78, 5) is 11.2. The molecule has 0 bridgehead atoms. The summed E-state index contributed by atoms with van der Waals surface area (Å²) < 4.78 is 12.4. The first kappa shape index (κ1) is 14.7. The molecule has 1 N–H and O–H groups in total. The van der Waals surface area contributed by atoms with Crippen LogP contribution in [0.4, 0.5) is 0 Å². The predicted molar refractivity (Wildman–Crippen MR) is 82.1 cm³/mol. The standard InChI is InChI=1S/C16H19BrO4/c1-20-14-7-10(17)6-13(16(14)21-11-4-5-11)12(8-15(18)19)9-2-3-9/h6-7,9,11-12H,2-5,8H2,1H3,(H,18,19). The zero-order chi connectivity index (χ0) is 15.0. The maximum atomic E-state index is 11.2. The van der Waals surface area contributed by atoms with Crippen LogP contribution in [0.1, 0.15) is 43.6 Å². The highest BCUT2D eigenvalue weighted by molar-refractivity contribution is 9.10. The summed E-state index contributed by atoms with van der Waals surface area (Å²) in [5, 5.41) is 9.22. The lowest BCUT2D eigenvalue weighted by Gasteiger charge is -2.21. The maximum Gasteiger partial charge on any atom is 0.303 e. The highest BCUT2D eigenvalue weighted by atomic mass is 79.9. The quantitative estimate of drug-likeness (QED) is 0.804. The first-order valence-electron chi connectivity index (χ1n) is 7.34. The third-order valence-electron chi connectivity index (χ3n) is 4.06. The van der Waals surface area contributed by atoms with Gasteiger partial charge in [-0.1, -0.05) is 15.9 Å². The smallest absolute Gasteiger partial charge is 0.303 e. The van der Waals surface area contributed by atoms with Crippen molar-refractivity contribution in [1.82, 2.24) is 0 Å². The molecule has 0 saturated heterocycles. The zero-order valence-corrected chi connectivity index (χ0v) is 13.6. The van der Waals surface area contributed by atoms with E-state index in [1.165, 1.54) is 0 Å². The molecular weight excluding hydrogens is 336 g/mol. The van der Waals surface area contributed by atoms with Gasteiger partial charge in [0.15, 0.2) is 11.5 Å². The Labute approximate surface area is 132 Å². The first-order valence-corrected chi connectivity index (χ1v) is 8.13. The Kier molecular flexibility index (Phi) is 4.11. The lowest BCUT2D eigenvalue weighted by molar-refractivity contribution is -0.137. The van der Waals surface area contributed by atoms with Crippen LogP contribution in [-0.4, -0.2) is 24.3 Å². The van der Waals surface area contributed by atoms with E-state index in [2.05, 4.69) is 15.9 Å². The highest BCUT2D eigenvalue weighted by Crippen LogP contribution is 2.50. The number of carbonyl (C=O) groups is 1. The van der Waals surface area contributed by atoms with E-state index in [1.54, 1.807) is 7.11 Å². The Balaban J connectivity index is 2.00. The van der Waals surface area contributed by atoms with Crippen LogP contribution in [0.3, 0.4) is 0 Å². The third-order valence-corrected chi connectivity index (χ3v) is 4.52. The van der Waals surface area contributed by atoms with Crippen LogP contribution in [0.25, 0.3) is 0 Å². The van der Waals surface area contributed by atoms with E-state index in [4.69, 9.17) is 9.47 Å². The second-order valence-corrected chi connectivity index (χ2v) is 6.80. The monoisotopic (exact) mass is 354 g/mol.